The third-order valence-electron chi connectivity index (χ3n) is 6.37. The lowest BCUT2D eigenvalue weighted by Gasteiger charge is -2.28. The Bertz CT molecular complexity index is 1380. The van der Waals surface area contributed by atoms with E-state index in [1.807, 2.05) is 91.0 Å². The van der Waals surface area contributed by atoms with Gasteiger partial charge in [-0.1, -0.05) is 97.1 Å². The molecule has 0 aromatic heterocycles. The molecule has 0 saturated carbocycles. The molecule has 5 nitrogen and oxygen atoms in total. The highest BCUT2D eigenvalue weighted by Gasteiger charge is 2.31. The number of hydrogen-bond acceptors (Lipinski definition) is 2. The maximum absolute atomic E-state index is 14.0. The van der Waals surface area contributed by atoms with Gasteiger partial charge in [-0.05, 0) is 41.3 Å². The summed E-state index contributed by atoms with van der Waals surface area (Å²) in [6, 6.07) is 31.3. The predicted molar refractivity (Wildman–Crippen MR) is 150 cm³/mol. The van der Waals surface area contributed by atoms with E-state index >= 15 is 0 Å². The normalized spacial score (nSPS) is 11.9. The summed E-state index contributed by atoms with van der Waals surface area (Å²) in [4.78, 5) is 28.7. The quantitative estimate of drug-likeness (QED) is 0.233. The summed E-state index contributed by atoms with van der Waals surface area (Å²) in [7, 11) is 0. The average molecular weight is 546 g/mol. The van der Waals surface area contributed by atoms with Crippen molar-refractivity contribution in [2.45, 2.75) is 31.6 Å². The van der Waals surface area contributed by atoms with E-state index in [2.05, 4.69) is 10.6 Å². The molecule has 0 aliphatic carbocycles. The van der Waals surface area contributed by atoms with Crippen LogP contribution >= 0.6 is 0 Å². The maximum atomic E-state index is 14.0. The molecule has 4 aromatic rings. The molecule has 0 aliphatic rings. The Morgan fingerprint density at radius 1 is 0.725 bits per heavy atom. The van der Waals surface area contributed by atoms with Crippen LogP contribution in [0.1, 0.15) is 22.3 Å². The van der Waals surface area contributed by atoms with E-state index in [0.717, 1.165) is 28.8 Å². The zero-order chi connectivity index (χ0) is 28.4. The van der Waals surface area contributed by atoms with Gasteiger partial charge in [0.2, 0.25) is 5.91 Å². The lowest BCUT2D eigenvalue weighted by Crippen LogP contribution is -2.51. The Hall–Kier alpha value is -4.59. The number of nitrogens with zero attached hydrogens (tertiary/aromatic N) is 1. The van der Waals surface area contributed by atoms with Gasteiger partial charge in [-0.25, -0.2) is 4.79 Å². The number of rotatable bonds is 10. The van der Waals surface area contributed by atoms with Crippen LogP contribution in [-0.2, 0) is 30.4 Å². The second-order valence-electron chi connectivity index (χ2n) is 9.40. The Labute approximate surface area is 231 Å². The lowest BCUT2D eigenvalue weighted by molar-refractivity contribution is -0.137. The fourth-order valence-electron chi connectivity index (χ4n) is 4.35. The summed E-state index contributed by atoms with van der Waals surface area (Å²) in [6.45, 7) is 0.759. The molecule has 40 heavy (non-hydrogen) atoms. The van der Waals surface area contributed by atoms with Gasteiger partial charge in [0.25, 0.3) is 0 Å². The number of anilines is 1. The Morgan fingerprint density at radius 2 is 1.30 bits per heavy atom. The van der Waals surface area contributed by atoms with Gasteiger partial charge < -0.3 is 15.5 Å². The van der Waals surface area contributed by atoms with Gasteiger partial charge >= 0.3 is 12.2 Å². The summed E-state index contributed by atoms with van der Waals surface area (Å²) in [5, 5.41) is 5.17. The zero-order valence-electron chi connectivity index (χ0n) is 21.8. The summed E-state index contributed by atoms with van der Waals surface area (Å²) >= 11 is 0. The van der Waals surface area contributed by atoms with E-state index in [4.69, 9.17) is 0 Å². The van der Waals surface area contributed by atoms with E-state index < -0.39 is 23.8 Å². The Balaban J connectivity index is 1.55. The number of carbonyl (C=O) groups excluding carboxylic acids is 2. The molecule has 0 fully saturated rings. The first-order valence-corrected chi connectivity index (χ1v) is 12.9. The minimum Gasteiger partial charge on any atom is -0.336 e. The van der Waals surface area contributed by atoms with Crippen molar-refractivity contribution in [3.8, 4) is 0 Å². The van der Waals surface area contributed by atoms with Crippen molar-refractivity contribution >= 4 is 17.6 Å². The first kappa shape index (κ1) is 28.4. The summed E-state index contributed by atoms with van der Waals surface area (Å²) in [5.41, 5.74) is 1.95. The van der Waals surface area contributed by atoms with Gasteiger partial charge in [0, 0.05) is 25.2 Å². The zero-order valence-corrected chi connectivity index (χ0v) is 21.8. The lowest BCUT2D eigenvalue weighted by atomic mass is 10.0. The standard InChI is InChI=1S/C32H30F3N3O2/c33-32(34,35)27-17-10-18-28(22-27)36-31(40)37-29(21-25-13-6-2-7-14-25)30(39)38(23-26-15-8-3-9-16-26)20-19-24-11-4-1-5-12-24/h1-18,22,29H,19-21,23H2,(H2,36,37,40). The summed E-state index contributed by atoms with van der Waals surface area (Å²) in [5.74, 6) is -0.289. The molecule has 0 aliphatic heterocycles. The van der Waals surface area contributed by atoms with Crippen LogP contribution < -0.4 is 10.6 Å². The van der Waals surface area contributed by atoms with Crippen molar-refractivity contribution < 1.29 is 22.8 Å². The van der Waals surface area contributed by atoms with E-state index in [-0.39, 0.29) is 18.0 Å². The van der Waals surface area contributed by atoms with Gasteiger partial charge in [0.05, 0.1) is 5.56 Å². The number of nitrogens with one attached hydrogen (secondary N) is 2. The van der Waals surface area contributed by atoms with Gasteiger partial charge in [0.1, 0.15) is 6.04 Å². The molecule has 1 atom stereocenters. The molecule has 1 unspecified atom stereocenters. The number of amides is 3. The molecule has 0 radical (unpaired) electrons. The third-order valence-corrected chi connectivity index (χ3v) is 6.37. The van der Waals surface area contributed by atoms with Crippen LogP contribution in [0.4, 0.5) is 23.7 Å². The highest BCUT2D eigenvalue weighted by molar-refractivity contribution is 5.94. The second-order valence-corrected chi connectivity index (χ2v) is 9.40. The largest absolute Gasteiger partial charge is 0.416 e. The smallest absolute Gasteiger partial charge is 0.336 e. The van der Waals surface area contributed by atoms with E-state index in [0.29, 0.717) is 19.5 Å². The van der Waals surface area contributed by atoms with Crippen LogP contribution in [-0.4, -0.2) is 29.4 Å². The molecular weight excluding hydrogens is 515 g/mol. The van der Waals surface area contributed by atoms with E-state index in [1.54, 1.807) is 4.90 Å². The van der Waals surface area contributed by atoms with Crippen molar-refractivity contribution in [3.05, 3.63) is 138 Å². The molecule has 0 bridgehead atoms. The highest BCUT2D eigenvalue weighted by Crippen LogP contribution is 2.30. The number of benzene rings is 4. The predicted octanol–water partition coefficient (Wildman–Crippen LogP) is 6.71. The topological polar surface area (TPSA) is 61.4 Å². The SMILES string of the molecule is O=C(Nc1cccc(C(F)(F)F)c1)NC(Cc1ccccc1)C(=O)N(CCc1ccccc1)Cc1ccccc1. The molecule has 8 heteroatoms. The summed E-state index contributed by atoms with van der Waals surface area (Å²) in [6.07, 6.45) is -3.71. The van der Waals surface area contributed by atoms with Crippen LogP contribution in [0.2, 0.25) is 0 Å². The van der Waals surface area contributed by atoms with Gasteiger partial charge in [0.15, 0.2) is 0 Å². The van der Waals surface area contributed by atoms with Crippen LogP contribution in [0.5, 0.6) is 0 Å². The molecule has 206 valence electrons. The second kappa shape index (κ2) is 13.5. The fraction of sp³-hybridized carbons (Fsp3) is 0.188. The number of urea groups is 1. The molecular formula is C32H30F3N3O2. The van der Waals surface area contributed by atoms with Crippen molar-refractivity contribution in [1.29, 1.82) is 0 Å². The van der Waals surface area contributed by atoms with Crippen LogP contribution in [0.15, 0.2) is 115 Å². The number of carbonyl (C=O) groups is 2. The minimum atomic E-state index is -4.54. The van der Waals surface area contributed by atoms with Crippen molar-refractivity contribution in [1.82, 2.24) is 10.2 Å². The Kier molecular flexibility index (Phi) is 9.57. The molecule has 0 spiro atoms. The van der Waals surface area contributed by atoms with Crippen LogP contribution in [0.25, 0.3) is 0 Å². The van der Waals surface area contributed by atoms with Crippen LogP contribution in [0.3, 0.4) is 0 Å². The van der Waals surface area contributed by atoms with E-state index in [1.165, 1.54) is 12.1 Å². The fourth-order valence-corrected chi connectivity index (χ4v) is 4.35. The molecule has 2 N–H and O–H groups in total. The Morgan fingerprint density at radius 3 is 1.90 bits per heavy atom. The monoisotopic (exact) mass is 545 g/mol. The minimum absolute atomic E-state index is 0.0246. The number of halogens is 3. The van der Waals surface area contributed by atoms with Gasteiger partial charge in [-0.2, -0.15) is 13.2 Å². The molecule has 0 saturated heterocycles. The van der Waals surface area contributed by atoms with Crippen molar-refractivity contribution in [3.63, 3.8) is 0 Å². The highest BCUT2D eigenvalue weighted by atomic mass is 19.4. The van der Waals surface area contributed by atoms with Gasteiger partial charge in [-0.15, -0.1) is 0 Å². The maximum Gasteiger partial charge on any atom is 0.416 e. The third kappa shape index (κ3) is 8.46. The van der Waals surface area contributed by atoms with Crippen molar-refractivity contribution in [2.24, 2.45) is 0 Å². The first-order valence-electron chi connectivity index (χ1n) is 12.9. The number of hydrogen-bond donors (Lipinski definition) is 2. The molecule has 3 amide bonds. The van der Waals surface area contributed by atoms with Crippen LogP contribution in [0, 0.1) is 0 Å². The first-order chi connectivity index (χ1) is 19.3. The van der Waals surface area contributed by atoms with Crippen molar-refractivity contribution in [2.75, 3.05) is 11.9 Å². The molecule has 4 aromatic carbocycles. The average Bonchev–Trinajstić information content (AvgIpc) is 2.96. The number of alkyl halides is 3. The summed E-state index contributed by atoms with van der Waals surface area (Å²) < 4.78 is 39.4. The molecule has 0 heterocycles. The van der Waals surface area contributed by atoms with E-state index in [9.17, 15) is 22.8 Å². The molecule has 4 rings (SSSR count). The van der Waals surface area contributed by atoms with Gasteiger partial charge in [-0.3, -0.25) is 4.79 Å².